The van der Waals surface area contributed by atoms with Crippen LogP contribution in [0.25, 0.3) is 22.2 Å². The molecule has 1 unspecified atom stereocenters. The second-order valence-electron chi connectivity index (χ2n) is 8.55. The number of fused-ring (bicyclic) bond motifs is 1. The molecule has 0 radical (unpaired) electrons. The van der Waals surface area contributed by atoms with Gasteiger partial charge in [0.05, 0.1) is 17.1 Å². The van der Waals surface area contributed by atoms with E-state index in [2.05, 4.69) is 85.4 Å². The predicted octanol–water partition coefficient (Wildman–Crippen LogP) is 5.04. The molecule has 1 atom stereocenters. The number of pyridine rings is 1. The van der Waals surface area contributed by atoms with Crippen molar-refractivity contribution in [2.75, 3.05) is 4.90 Å². The number of nitrogens with one attached hydrogen (secondary N) is 2. The van der Waals surface area contributed by atoms with E-state index in [-0.39, 0.29) is 0 Å². The SMILES string of the molecule is c1ccc(C2(c3nccs3)NC(c3nn[nH]n3)=C(c3ccccn3)N2c2cccc3ccccc23)cc1. The number of benzene rings is 3. The second-order valence-corrected chi connectivity index (χ2v) is 9.44. The highest BCUT2D eigenvalue weighted by molar-refractivity contribution is 7.09. The molecule has 2 N–H and O–H groups in total. The Labute approximate surface area is 216 Å². The predicted molar refractivity (Wildman–Crippen MR) is 144 cm³/mol. The Kier molecular flexibility index (Phi) is 5.00. The molecule has 0 saturated heterocycles. The van der Waals surface area contributed by atoms with Gasteiger partial charge in [-0.05, 0) is 28.8 Å². The first-order chi connectivity index (χ1) is 18.4. The molecule has 3 aromatic heterocycles. The van der Waals surface area contributed by atoms with Crippen LogP contribution in [0, 0.1) is 0 Å². The number of nitrogens with zero attached hydrogens (tertiary/aromatic N) is 6. The maximum Gasteiger partial charge on any atom is 0.222 e. The van der Waals surface area contributed by atoms with E-state index in [1.54, 1.807) is 17.5 Å². The molecule has 0 amide bonds. The highest BCUT2D eigenvalue weighted by atomic mass is 32.1. The molecule has 0 spiro atoms. The molecule has 8 nitrogen and oxygen atoms in total. The number of rotatable bonds is 5. The summed E-state index contributed by atoms with van der Waals surface area (Å²) in [5.74, 6) is 0.445. The Hall–Kier alpha value is -4.89. The number of H-pyrrole nitrogens is 1. The summed E-state index contributed by atoms with van der Waals surface area (Å²) in [5.41, 5.74) is 3.44. The van der Waals surface area contributed by atoms with Gasteiger partial charge in [0.1, 0.15) is 10.7 Å². The molecule has 7 rings (SSSR count). The molecule has 1 aliphatic rings. The van der Waals surface area contributed by atoms with E-state index in [4.69, 9.17) is 9.97 Å². The van der Waals surface area contributed by atoms with Gasteiger partial charge in [-0.25, -0.2) is 4.98 Å². The third-order valence-electron chi connectivity index (χ3n) is 6.52. The number of anilines is 1. The molecular weight excluding hydrogens is 480 g/mol. The average molecular weight is 501 g/mol. The molecule has 9 heteroatoms. The number of thiazole rings is 1. The highest BCUT2D eigenvalue weighted by Gasteiger charge is 2.52. The van der Waals surface area contributed by atoms with Crippen LogP contribution in [0.1, 0.15) is 22.1 Å². The van der Waals surface area contributed by atoms with Crippen LogP contribution in [0.2, 0.25) is 0 Å². The van der Waals surface area contributed by atoms with Crippen molar-refractivity contribution in [3.8, 4) is 0 Å². The number of hydrogen-bond acceptors (Lipinski definition) is 8. The van der Waals surface area contributed by atoms with Crippen molar-refractivity contribution >= 4 is 39.2 Å². The lowest BCUT2D eigenvalue weighted by Gasteiger charge is -2.40. The van der Waals surface area contributed by atoms with Crippen molar-refractivity contribution in [2.45, 2.75) is 5.66 Å². The van der Waals surface area contributed by atoms with Gasteiger partial charge >= 0.3 is 0 Å². The summed E-state index contributed by atoms with van der Waals surface area (Å²) in [6.07, 6.45) is 3.63. The molecular formula is C28H20N8S. The number of aromatic amines is 1. The van der Waals surface area contributed by atoms with Crippen molar-refractivity contribution in [1.82, 2.24) is 35.9 Å². The standard InChI is InChI=1S/C28H20N8S/c1-2-11-20(12-3-1)28(27-30-17-18-37-27)31-24(26-32-34-35-33-26)25(22-14-6-7-16-29-22)36(28)23-15-8-10-19-9-4-5-13-21(19)23/h1-18,31H,(H,32,33,34,35). The zero-order chi connectivity index (χ0) is 24.7. The molecule has 4 heterocycles. The summed E-state index contributed by atoms with van der Waals surface area (Å²) in [5, 5.41) is 24.1. The van der Waals surface area contributed by atoms with Gasteiger partial charge in [0.25, 0.3) is 0 Å². The zero-order valence-electron chi connectivity index (χ0n) is 19.5. The molecule has 0 fully saturated rings. The summed E-state index contributed by atoms with van der Waals surface area (Å²) < 4.78 is 0. The third kappa shape index (κ3) is 3.32. The maximum absolute atomic E-state index is 4.85. The Bertz CT molecular complexity index is 1690. The lowest BCUT2D eigenvalue weighted by molar-refractivity contribution is 0.498. The van der Waals surface area contributed by atoms with Gasteiger partial charge in [0.15, 0.2) is 5.66 Å². The Balaban J connectivity index is 1.63. The fourth-order valence-corrected chi connectivity index (χ4v) is 5.81. The molecule has 0 aliphatic carbocycles. The van der Waals surface area contributed by atoms with Crippen LogP contribution in [0.5, 0.6) is 0 Å². The lowest BCUT2D eigenvalue weighted by atomic mass is 9.96. The molecule has 1 aliphatic heterocycles. The number of hydrogen-bond donors (Lipinski definition) is 2. The van der Waals surface area contributed by atoms with Gasteiger partial charge in [0, 0.05) is 28.7 Å². The first-order valence-electron chi connectivity index (χ1n) is 11.8. The average Bonchev–Trinajstić information content (AvgIpc) is 3.74. The summed E-state index contributed by atoms with van der Waals surface area (Å²) in [7, 11) is 0. The topological polar surface area (TPSA) is 95.5 Å². The molecule has 37 heavy (non-hydrogen) atoms. The third-order valence-corrected chi connectivity index (χ3v) is 7.40. The number of aromatic nitrogens is 6. The second kappa shape index (κ2) is 8.65. The minimum absolute atomic E-state index is 0.445. The van der Waals surface area contributed by atoms with Gasteiger partial charge in [-0.2, -0.15) is 5.21 Å². The number of tetrazole rings is 1. The lowest BCUT2D eigenvalue weighted by Crippen LogP contribution is -2.51. The summed E-state index contributed by atoms with van der Waals surface area (Å²) in [6.45, 7) is 0. The van der Waals surface area contributed by atoms with Crippen LogP contribution in [-0.2, 0) is 5.66 Å². The van der Waals surface area contributed by atoms with E-state index >= 15 is 0 Å². The van der Waals surface area contributed by atoms with E-state index in [9.17, 15) is 0 Å². The summed E-state index contributed by atoms with van der Waals surface area (Å²) >= 11 is 1.59. The monoisotopic (exact) mass is 500 g/mol. The largest absolute Gasteiger partial charge is 0.348 e. The van der Waals surface area contributed by atoms with E-state index in [1.807, 2.05) is 48.0 Å². The minimum Gasteiger partial charge on any atom is -0.348 e. The van der Waals surface area contributed by atoms with E-state index in [0.29, 0.717) is 11.5 Å². The Morgan fingerprint density at radius 1 is 0.784 bits per heavy atom. The van der Waals surface area contributed by atoms with Gasteiger partial charge in [-0.15, -0.1) is 21.5 Å². The van der Waals surface area contributed by atoms with E-state index in [1.165, 1.54) is 0 Å². The molecule has 6 aromatic rings. The fraction of sp³-hybridized carbons (Fsp3) is 0.0357. The van der Waals surface area contributed by atoms with Gasteiger partial charge in [0.2, 0.25) is 5.82 Å². The van der Waals surface area contributed by atoms with Crippen molar-refractivity contribution in [3.63, 3.8) is 0 Å². The Morgan fingerprint density at radius 3 is 2.41 bits per heavy atom. The smallest absolute Gasteiger partial charge is 0.222 e. The van der Waals surface area contributed by atoms with Crippen LogP contribution in [0.4, 0.5) is 5.69 Å². The van der Waals surface area contributed by atoms with Crippen molar-refractivity contribution in [3.05, 3.63) is 131 Å². The van der Waals surface area contributed by atoms with Crippen molar-refractivity contribution < 1.29 is 0 Å². The van der Waals surface area contributed by atoms with Gasteiger partial charge in [-0.3, -0.25) is 4.98 Å². The van der Waals surface area contributed by atoms with Crippen LogP contribution in [-0.4, -0.2) is 30.6 Å². The van der Waals surface area contributed by atoms with Gasteiger partial charge in [-0.1, -0.05) is 72.8 Å². The van der Waals surface area contributed by atoms with Crippen molar-refractivity contribution in [2.24, 2.45) is 0 Å². The van der Waals surface area contributed by atoms with Crippen LogP contribution < -0.4 is 10.2 Å². The van der Waals surface area contributed by atoms with Crippen LogP contribution in [0.3, 0.4) is 0 Å². The van der Waals surface area contributed by atoms with E-state index in [0.717, 1.165) is 38.4 Å². The quantitative estimate of drug-likeness (QED) is 0.342. The maximum atomic E-state index is 4.85. The van der Waals surface area contributed by atoms with Crippen LogP contribution >= 0.6 is 11.3 Å². The van der Waals surface area contributed by atoms with Gasteiger partial charge < -0.3 is 10.2 Å². The van der Waals surface area contributed by atoms with Crippen molar-refractivity contribution in [1.29, 1.82) is 0 Å². The fourth-order valence-electron chi connectivity index (χ4n) is 5.01. The normalized spacial score (nSPS) is 17.4. The first kappa shape index (κ1) is 21.4. The molecule has 3 aromatic carbocycles. The molecule has 0 saturated carbocycles. The summed E-state index contributed by atoms with van der Waals surface area (Å²) in [6, 6.07) is 30.9. The minimum atomic E-state index is -0.900. The zero-order valence-corrected chi connectivity index (χ0v) is 20.3. The van der Waals surface area contributed by atoms with Crippen LogP contribution in [0.15, 0.2) is 109 Å². The molecule has 0 bridgehead atoms. The molecule has 178 valence electrons. The highest BCUT2D eigenvalue weighted by Crippen LogP contribution is 2.51. The first-order valence-corrected chi connectivity index (χ1v) is 12.7. The summed E-state index contributed by atoms with van der Waals surface area (Å²) in [4.78, 5) is 11.9. The van der Waals surface area contributed by atoms with E-state index < -0.39 is 5.66 Å². The Morgan fingerprint density at radius 2 is 1.62 bits per heavy atom.